The Labute approximate surface area is 83.1 Å². The summed E-state index contributed by atoms with van der Waals surface area (Å²) in [7, 11) is 0. The molecule has 0 atom stereocenters. The maximum Gasteiger partial charge on any atom is 0.317 e. The third-order valence-corrected chi connectivity index (χ3v) is 1.65. The Morgan fingerprint density at radius 3 is 2.71 bits per heavy atom. The van der Waals surface area contributed by atoms with E-state index in [1.165, 1.54) is 0 Å². The molecule has 0 spiro atoms. The molecule has 0 heterocycles. The van der Waals surface area contributed by atoms with Crippen LogP contribution in [-0.2, 0) is 4.79 Å². The molecule has 0 radical (unpaired) electrons. The van der Waals surface area contributed by atoms with Gasteiger partial charge in [0.2, 0.25) is 0 Å². The fraction of sp³-hybridized carbons (Fsp3) is 0.182. The quantitative estimate of drug-likeness (QED) is 0.691. The zero-order valence-electron chi connectivity index (χ0n) is 7.81. The van der Waals surface area contributed by atoms with Gasteiger partial charge in [-0.2, -0.15) is 0 Å². The largest absolute Gasteiger partial charge is 0.480 e. The van der Waals surface area contributed by atoms with E-state index in [1.54, 1.807) is 0 Å². The number of nitrogens with one attached hydrogen (secondary N) is 1. The number of aliphatic carboxylic acids is 1. The van der Waals surface area contributed by atoms with Crippen LogP contribution in [0.5, 0.6) is 0 Å². The van der Waals surface area contributed by atoms with Gasteiger partial charge in [-0.15, -0.1) is 0 Å². The molecule has 3 heteroatoms. The molecule has 1 aromatic carbocycles. The second-order valence-corrected chi connectivity index (χ2v) is 2.84. The van der Waals surface area contributed by atoms with Gasteiger partial charge < -0.3 is 10.4 Å². The van der Waals surface area contributed by atoms with E-state index in [9.17, 15) is 4.79 Å². The Hall–Kier alpha value is -1.61. The van der Waals surface area contributed by atoms with Gasteiger partial charge in [0.1, 0.15) is 0 Å². The Balaban J connectivity index is 2.25. The van der Waals surface area contributed by atoms with Crippen molar-refractivity contribution >= 4 is 12.0 Å². The van der Waals surface area contributed by atoms with Gasteiger partial charge in [0, 0.05) is 6.54 Å². The highest BCUT2D eigenvalue weighted by molar-refractivity contribution is 5.69. The Kier molecular flexibility index (Phi) is 4.44. The lowest BCUT2D eigenvalue weighted by Crippen LogP contribution is -2.22. The average molecular weight is 191 g/mol. The van der Waals surface area contributed by atoms with Crippen LogP contribution < -0.4 is 5.32 Å². The zero-order valence-corrected chi connectivity index (χ0v) is 7.81. The molecule has 1 rings (SSSR count). The number of benzene rings is 1. The van der Waals surface area contributed by atoms with E-state index >= 15 is 0 Å². The second-order valence-electron chi connectivity index (χ2n) is 2.84. The zero-order chi connectivity index (χ0) is 10.2. The van der Waals surface area contributed by atoms with Crippen molar-refractivity contribution in [3.8, 4) is 0 Å². The van der Waals surface area contributed by atoms with Gasteiger partial charge in [-0.05, 0) is 5.56 Å². The monoisotopic (exact) mass is 191 g/mol. The van der Waals surface area contributed by atoms with Crippen LogP contribution in [-0.4, -0.2) is 24.2 Å². The van der Waals surface area contributed by atoms with Crippen LogP contribution in [0.1, 0.15) is 5.56 Å². The summed E-state index contributed by atoms with van der Waals surface area (Å²) in [4.78, 5) is 10.1. The molecule has 0 unspecified atom stereocenters. The minimum absolute atomic E-state index is 0.000863. The van der Waals surface area contributed by atoms with Crippen LogP contribution in [0.2, 0.25) is 0 Å². The summed E-state index contributed by atoms with van der Waals surface area (Å²) in [5.74, 6) is -0.835. The number of hydrogen-bond donors (Lipinski definition) is 2. The summed E-state index contributed by atoms with van der Waals surface area (Å²) in [6.45, 7) is 0.570. The van der Waals surface area contributed by atoms with Crippen molar-refractivity contribution in [2.24, 2.45) is 0 Å². The van der Waals surface area contributed by atoms with Crippen LogP contribution in [0.4, 0.5) is 0 Å². The first-order chi connectivity index (χ1) is 6.79. The van der Waals surface area contributed by atoms with Crippen molar-refractivity contribution in [2.45, 2.75) is 0 Å². The molecule has 0 saturated heterocycles. The molecule has 2 N–H and O–H groups in total. The summed E-state index contributed by atoms with van der Waals surface area (Å²) < 4.78 is 0. The van der Waals surface area contributed by atoms with Gasteiger partial charge in [-0.25, -0.2) is 0 Å². The molecule has 14 heavy (non-hydrogen) atoms. The van der Waals surface area contributed by atoms with Gasteiger partial charge in [-0.1, -0.05) is 42.5 Å². The van der Waals surface area contributed by atoms with E-state index in [-0.39, 0.29) is 6.54 Å². The number of hydrogen-bond acceptors (Lipinski definition) is 2. The number of carbonyl (C=O) groups is 1. The second kappa shape index (κ2) is 5.94. The van der Waals surface area contributed by atoms with Crippen molar-refractivity contribution in [2.75, 3.05) is 13.1 Å². The minimum Gasteiger partial charge on any atom is -0.480 e. The Morgan fingerprint density at radius 2 is 2.07 bits per heavy atom. The van der Waals surface area contributed by atoms with Crippen LogP contribution in [0, 0.1) is 0 Å². The van der Waals surface area contributed by atoms with Crippen molar-refractivity contribution in [3.05, 3.63) is 42.0 Å². The lowest BCUT2D eigenvalue weighted by Gasteiger charge is -1.95. The molecule has 74 valence electrons. The van der Waals surface area contributed by atoms with Crippen LogP contribution in [0.15, 0.2) is 36.4 Å². The van der Waals surface area contributed by atoms with Crippen LogP contribution in [0.25, 0.3) is 6.08 Å². The first-order valence-electron chi connectivity index (χ1n) is 4.43. The standard InChI is InChI=1S/C11H13NO2/c13-11(14)9-12-8-4-7-10-5-2-1-3-6-10/h1-7,12H,8-9H2,(H,13,14)/b7-4-. The third kappa shape index (κ3) is 4.42. The normalized spacial score (nSPS) is 10.6. The summed E-state index contributed by atoms with van der Waals surface area (Å²) in [6.07, 6.45) is 3.85. The molecule has 0 saturated carbocycles. The van der Waals surface area contributed by atoms with Crippen LogP contribution >= 0.6 is 0 Å². The molecule has 0 aliphatic carbocycles. The van der Waals surface area contributed by atoms with Gasteiger partial charge in [-0.3, -0.25) is 4.79 Å². The van der Waals surface area contributed by atoms with Crippen molar-refractivity contribution in [1.29, 1.82) is 0 Å². The van der Waals surface area contributed by atoms with E-state index in [2.05, 4.69) is 5.32 Å². The molecular formula is C11H13NO2. The maximum absolute atomic E-state index is 10.1. The molecule has 0 amide bonds. The molecule has 0 aliphatic rings. The van der Waals surface area contributed by atoms with Crippen molar-refractivity contribution in [3.63, 3.8) is 0 Å². The first kappa shape index (κ1) is 10.5. The van der Waals surface area contributed by atoms with E-state index < -0.39 is 5.97 Å². The molecule has 0 bridgehead atoms. The highest BCUT2D eigenvalue weighted by Crippen LogP contribution is 1.99. The summed E-state index contributed by atoms with van der Waals surface area (Å²) in [6, 6.07) is 9.87. The average Bonchev–Trinajstić information content (AvgIpc) is 2.18. The highest BCUT2D eigenvalue weighted by Gasteiger charge is 1.91. The highest BCUT2D eigenvalue weighted by atomic mass is 16.4. The summed E-state index contributed by atoms with van der Waals surface area (Å²) in [5, 5.41) is 11.1. The van der Waals surface area contributed by atoms with E-state index in [0.29, 0.717) is 6.54 Å². The smallest absolute Gasteiger partial charge is 0.317 e. The van der Waals surface area contributed by atoms with Crippen LogP contribution in [0.3, 0.4) is 0 Å². The topological polar surface area (TPSA) is 49.3 Å². The van der Waals surface area contributed by atoms with Crippen molar-refractivity contribution in [1.82, 2.24) is 5.32 Å². The SMILES string of the molecule is O=C(O)CNC/C=C\c1ccccc1. The fourth-order valence-corrected chi connectivity index (χ4v) is 1.02. The minimum atomic E-state index is -0.835. The Morgan fingerprint density at radius 1 is 1.36 bits per heavy atom. The van der Waals surface area contributed by atoms with Gasteiger partial charge in [0.25, 0.3) is 0 Å². The molecule has 1 aromatic rings. The molecule has 3 nitrogen and oxygen atoms in total. The number of rotatable bonds is 5. The predicted molar refractivity (Wildman–Crippen MR) is 56.0 cm³/mol. The summed E-state index contributed by atoms with van der Waals surface area (Å²) >= 11 is 0. The lowest BCUT2D eigenvalue weighted by molar-refractivity contribution is -0.135. The van der Waals surface area contributed by atoms with Gasteiger partial charge >= 0.3 is 5.97 Å². The van der Waals surface area contributed by atoms with Gasteiger partial charge in [0.15, 0.2) is 0 Å². The van der Waals surface area contributed by atoms with E-state index in [0.717, 1.165) is 5.56 Å². The van der Waals surface area contributed by atoms with Crippen molar-refractivity contribution < 1.29 is 9.90 Å². The molecular weight excluding hydrogens is 178 g/mol. The number of carboxylic acids is 1. The molecule has 0 aromatic heterocycles. The first-order valence-corrected chi connectivity index (χ1v) is 4.43. The maximum atomic E-state index is 10.1. The third-order valence-electron chi connectivity index (χ3n) is 1.65. The predicted octanol–water partition coefficient (Wildman–Crippen LogP) is 1.37. The Bertz CT molecular complexity index is 306. The fourth-order valence-electron chi connectivity index (χ4n) is 1.02. The van der Waals surface area contributed by atoms with E-state index in [4.69, 9.17) is 5.11 Å². The summed E-state index contributed by atoms with van der Waals surface area (Å²) in [5.41, 5.74) is 1.12. The van der Waals surface area contributed by atoms with Gasteiger partial charge in [0.05, 0.1) is 6.54 Å². The number of carboxylic acid groups (broad SMARTS) is 1. The lowest BCUT2D eigenvalue weighted by atomic mass is 10.2. The molecule has 0 aliphatic heterocycles. The van der Waals surface area contributed by atoms with E-state index in [1.807, 2.05) is 42.5 Å². The molecule has 0 fully saturated rings.